The highest BCUT2D eigenvalue weighted by Gasteiger charge is 2.17. The van der Waals surface area contributed by atoms with Crippen LogP contribution in [0.4, 0.5) is 14.6 Å². The highest BCUT2D eigenvalue weighted by molar-refractivity contribution is 5.92. The van der Waals surface area contributed by atoms with Crippen molar-refractivity contribution in [1.29, 1.82) is 0 Å². The fourth-order valence-electron chi connectivity index (χ4n) is 2.96. The smallest absolute Gasteiger partial charge is 0.226 e. The number of carbonyl (C=O) groups excluding carboxylic acids is 1. The van der Waals surface area contributed by atoms with Gasteiger partial charge in [0.15, 0.2) is 0 Å². The molecule has 6 heteroatoms. The van der Waals surface area contributed by atoms with Gasteiger partial charge in [-0.25, -0.2) is 13.8 Å². The Labute approximate surface area is 157 Å². The number of hydrogen-bond donors (Lipinski definition) is 1. The van der Waals surface area contributed by atoms with Crippen LogP contribution in [0.2, 0.25) is 0 Å². The number of hydrogen-bond acceptors (Lipinski definition) is 2. The summed E-state index contributed by atoms with van der Waals surface area (Å²) in [7, 11) is 0. The van der Waals surface area contributed by atoms with Crippen molar-refractivity contribution in [1.82, 2.24) is 9.55 Å². The molecule has 0 atom stereocenters. The van der Waals surface area contributed by atoms with Crippen molar-refractivity contribution in [3.8, 4) is 0 Å². The molecule has 27 heavy (non-hydrogen) atoms. The lowest BCUT2D eigenvalue weighted by Crippen LogP contribution is -2.20. The number of benzene rings is 1. The van der Waals surface area contributed by atoms with Gasteiger partial charge in [-0.1, -0.05) is 26.8 Å². The van der Waals surface area contributed by atoms with E-state index in [9.17, 15) is 13.6 Å². The number of anilines is 1. The van der Waals surface area contributed by atoms with Crippen LogP contribution in [0.5, 0.6) is 0 Å². The largest absolute Gasteiger partial charge is 0.342 e. The lowest BCUT2D eigenvalue weighted by Gasteiger charge is -2.17. The van der Waals surface area contributed by atoms with Gasteiger partial charge in [0, 0.05) is 24.2 Å². The maximum absolute atomic E-state index is 13.9. The summed E-state index contributed by atoms with van der Waals surface area (Å²) in [4.78, 5) is 16.7. The van der Waals surface area contributed by atoms with E-state index in [-0.39, 0.29) is 17.9 Å². The molecule has 142 valence electrons. The number of fused-ring (bicyclic) bond motifs is 1. The SMILES string of the molecule is Cc1cc2c(ccn2Cc2ccc(F)cc2F)nc1NC(=O)CC(C)(C)C. The molecule has 2 aromatic heterocycles. The molecule has 4 nitrogen and oxygen atoms in total. The molecule has 0 saturated carbocycles. The van der Waals surface area contributed by atoms with E-state index < -0.39 is 11.6 Å². The third-order valence-electron chi connectivity index (χ3n) is 4.25. The normalized spacial score (nSPS) is 11.8. The summed E-state index contributed by atoms with van der Waals surface area (Å²) in [5.41, 5.74) is 2.64. The van der Waals surface area contributed by atoms with Gasteiger partial charge in [-0.2, -0.15) is 0 Å². The van der Waals surface area contributed by atoms with Gasteiger partial charge in [0.2, 0.25) is 5.91 Å². The maximum Gasteiger partial charge on any atom is 0.226 e. The highest BCUT2D eigenvalue weighted by Crippen LogP contribution is 2.24. The van der Waals surface area contributed by atoms with Crippen LogP contribution in [-0.4, -0.2) is 15.5 Å². The molecule has 3 rings (SSSR count). The van der Waals surface area contributed by atoms with E-state index in [0.717, 1.165) is 17.1 Å². The predicted octanol–water partition coefficient (Wildman–Crippen LogP) is 5.05. The fraction of sp³-hybridized carbons (Fsp3) is 0.333. The molecule has 1 N–H and O–H groups in total. The molecule has 0 unspecified atom stereocenters. The van der Waals surface area contributed by atoms with Crippen molar-refractivity contribution in [2.45, 2.75) is 40.7 Å². The van der Waals surface area contributed by atoms with Crippen molar-refractivity contribution >= 4 is 22.8 Å². The van der Waals surface area contributed by atoms with Gasteiger partial charge < -0.3 is 9.88 Å². The number of nitrogens with one attached hydrogen (secondary N) is 1. The second-order valence-corrected chi connectivity index (χ2v) is 8.02. The van der Waals surface area contributed by atoms with Gasteiger partial charge in [-0.15, -0.1) is 0 Å². The van der Waals surface area contributed by atoms with E-state index in [1.165, 1.54) is 12.1 Å². The zero-order chi connectivity index (χ0) is 19.8. The monoisotopic (exact) mass is 371 g/mol. The van der Waals surface area contributed by atoms with E-state index in [1.54, 1.807) is 6.20 Å². The third kappa shape index (κ3) is 4.51. The quantitative estimate of drug-likeness (QED) is 0.698. The number of amides is 1. The van der Waals surface area contributed by atoms with E-state index >= 15 is 0 Å². The zero-order valence-electron chi connectivity index (χ0n) is 15.9. The molecule has 1 amide bonds. The summed E-state index contributed by atoms with van der Waals surface area (Å²) in [6.07, 6.45) is 2.21. The van der Waals surface area contributed by atoms with Crippen molar-refractivity contribution in [2.75, 3.05) is 5.32 Å². The van der Waals surface area contributed by atoms with Crippen LogP contribution in [0.3, 0.4) is 0 Å². The Bertz CT molecular complexity index is 1000. The lowest BCUT2D eigenvalue weighted by molar-refractivity contribution is -0.117. The number of pyridine rings is 1. The van der Waals surface area contributed by atoms with E-state index in [4.69, 9.17) is 0 Å². The number of aryl methyl sites for hydroxylation is 1. The molecular weight excluding hydrogens is 348 g/mol. The first kappa shape index (κ1) is 19.0. The summed E-state index contributed by atoms with van der Waals surface area (Å²) in [6.45, 7) is 8.15. The van der Waals surface area contributed by atoms with Gasteiger partial charge in [0.25, 0.3) is 0 Å². The molecule has 0 bridgehead atoms. The van der Waals surface area contributed by atoms with Crippen molar-refractivity contribution in [2.24, 2.45) is 5.41 Å². The number of rotatable bonds is 4. The summed E-state index contributed by atoms with van der Waals surface area (Å²) >= 11 is 0. The zero-order valence-corrected chi connectivity index (χ0v) is 15.9. The van der Waals surface area contributed by atoms with E-state index in [2.05, 4.69) is 10.3 Å². The summed E-state index contributed by atoms with van der Waals surface area (Å²) in [5.74, 6) is -0.720. The third-order valence-corrected chi connectivity index (χ3v) is 4.25. The maximum atomic E-state index is 13.9. The second kappa shape index (κ2) is 7.10. The Morgan fingerprint density at radius 2 is 1.93 bits per heavy atom. The fourth-order valence-corrected chi connectivity index (χ4v) is 2.96. The first-order chi connectivity index (χ1) is 12.6. The molecule has 2 heterocycles. The molecule has 0 spiro atoms. The Balaban J connectivity index is 1.87. The van der Waals surface area contributed by atoms with Crippen molar-refractivity contribution < 1.29 is 13.6 Å². The van der Waals surface area contributed by atoms with Crippen molar-refractivity contribution in [3.05, 3.63) is 59.3 Å². The first-order valence-corrected chi connectivity index (χ1v) is 8.83. The van der Waals surface area contributed by atoms with E-state index in [1.807, 2.05) is 44.4 Å². The molecule has 0 aliphatic heterocycles. The molecule has 0 saturated heterocycles. The van der Waals surface area contributed by atoms with Crippen LogP contribution in [-0.2, 0) is 11.3 Å². The van der Waals surface area contributed by atoms with Crippen LogP contribution in [0.15, 0.2) is 36.5 Å². The van der Waals surface area contributed by atoms with Crippen LogP contribution in [0, 0.1) is 24.0 Å². The minimum absolute atomic E-state index is 0.0785. The average molecular weight is 371 g/mol. The molecule has 3 aromatic rings. The van der Waals surface area contributed by atoms with Gasteiger partial charge in [0.1, 0.15) is 17.5 Å². The Hall–Kier alpha value is -2.76. The van der Waals surface area contributed by atoms with E-state index in [0.29, 0.717) is 23.3 Å². The predicted molar refractivity (Wildman–Crippen MR) is 103 cm³/mol. The van der Waals surface area contributed by atoms with Crippen LogP contribution in [0.25, 0.3) is 11.0 Å². The Kier molecular flexibility index (Phi) is 5.00. The minimum Gasteiger partial charge on any atom is -0.342 e. The minimum atomic E-state index is -0.596. The topological polar surface area (TPSA) is 46.9 Å². The molecule has 0 aliphatic carbocycles. The van der Waals surface area contributed by atoms with Crippen LogP contribution in [0.1, 0.15) is 38.3 Å². The highest BCUT2D eigenvalue weighted by atomic mass is 19.1. The number of aromatic nitrogens is 2. The average Bonchev–Trinajstić information content (AvgIpc) is 2.90. The number of nitrogens with zero attached hydrogens (tertiary/aromatic N) is 2. The van der Waals surface area contributed by atoms with Gasteiger partial charge in [-0.05, 0) is 36.1 Å². The molecule has 0 aliphatic rings. The standard InChI is InChI=1S/C21H23F2N3O/c1-13-9-18-17(24-20(13)25-19(27)11-21(2,3)4)7-8-26(18)12-14-5-6-15(22)10-16(14)23/h5-10H,11-12H2,1-4H3,(H,24,25,27). The summed E-state index contributed by atoms with van der Waals surface area (Å²) in [5, 5.41) is 2.87. The molecule has 0 radical (unpaired) electrons. The van der Waals surface area contributed by atoms with Gasteiger partial charge in [-0.3, -0.25) is 4.79 Å². The summed E-state index contributed by atoms with van der Waals surface area (Å²) in [6, 6.07) is 7.30. The summed E-state index contributed by atoms with van der Waals surface area (Å²) < 4.78 is 28.9. The van der Waals surface area contributed by atoms with Gasteiger partial charge >= 0.3 is 0 Å². The molecule has 1 aromatic carbocycles. The molecular formula is C21H23F2N3O. The number of halogens is 2. The van der Waals surface area contributed by atoms with Gasteiger partial charge in [0.05, 0.1) is 17.6 Å². The van der Waals surface area contributed by atoms with Crippen molar-refractivity contribution in [3.63, 3.8) is 0 Å². The Morgan fingerprint density at radius 3 is 2.59 bits per heavy atom. The molecule has 0 fully saturated rings. The lowest BCUT2D eigenvalue weighted by atomic mass is 9.92. The Morgan fingerprint density at radius 1 is 1.19 bits per heavy atom. The second-order valence-electron chi connectivity index (χ2n) is 8.02. The van der Waals surface area contributed by atoms with Crippen LogP contribution >= 0.6 is 0 Å². The number of carbonyl (C=O) groups is 1. The first-order valence-electron chi connectivity index (χ1n) is 8.83. The van der Waals surface area contributed by atoms with Crippen LogP contribution < -0.4 is 5.32 Å².